The minimum atomic E-state index is -4.01. The van der Waals surface area contributed by atoms with Gasteiger partial charge in [0.05, 0.1) is 5.92 Å². The molecule has 0 amide bonds. The van der Waals surface area contributed by atoms with E-state index in [1.54, 1.807) is 11.8 Å². The maximum absolute atomic E-state index is 13.2. The summed E-state index contributed by atoms with van der Waals surface area (Å²) < 4.78 is 39.6. The van der Waals surface area contributed by atoms with E-state index in [2.05, 4.69) is 20.8 Å². The van der Waals surface area contributed by atoms with Crippen LogP contribution in [0.1, 0.15) is 59.3 Å². The number of hydrogen-bond acceptors (Lipinski definition) is 1. The first-order chi connectivity index (χ1) is 9.29. The lowest BCUT2D eigenvalue weighted by Crippen LogP contribution is -2.39. The number of halogens is 3. The van der Waals surface area contributed by atoms with Crippen molar-refractivity contribution < 1.29 is 13.2 Å². The van der Waals surface area contributed by atoms with Gasteiger partial charge in [-0.1, -0.05) is 33.6 Å². The second-order valence-electron chi connectivity index (χ2n) is 7.10. The van der Waals surface area contributed by atoms with Crippen LogP contribution in [0.3, 0.4) is 0 Å². The molecule has 118 valence electrons. The lowest BCUT2D eigenvalue weighted by Gasteiger charge is -2.42. The second-order valence-corrected chi connectivity index (χ2v) is 8.52. The predicted molar refractivity (Wildman–Crippen MR) is 79.9 cm³/mol. The molecule has 0 aliphatic heterocycles. The molecular formula is C16H27F3S. The Morgan fingerprint density at radius 2 is 1.45 bits per heavy atom. The maximum atomic E-state index is 13.2. The Kier molecular flexibility index (Phi) is 5.36. The largest absolute Gasteiger partial charge is 0.392 e. The van der Waals surface area contributed by atoms with Crippen LogP contribution < -0.4 is 0 Å². The smallest absolute Gasteiger partial charge is 0.171 e. The lowest BCUT2D eigenvalue weighted by molar-refractivity contribution is -0.179. The van der Waals surface area contributed by atoms with E-state index in [0.29, 0.717) is 23.5 Å². The highest BCUT2D eigenvalue weighted by atomic mass is 32.2. The van der Waals surface area contributed by atoms with Crippen LogP contribution in [0, 0.1) is 23.7 Å². The molecule has 0 bridgehead atoms. The Hall–Kier alpha value is 0.140. The van der Waals surface area contributed by atoms with Crippen LogP contribution in [-0.2, 0) is 0 Å². The van der Waals surface area contributed by atoms with Crippen LogP contribution in [0.25, 0.3) is 0 Å². The van der Waals surface area contributed by atoms with Crippen molar-refractivity contribution in [2.45, 2.75) is 76.0 Å². The fourth-order valence-corrected chi connectivity index (χ4v) is 6.24. The molecule has 2 saturated carbocycles. The van der Waals surface area contributed by atoms with Crippen molar-refractivity contribution in [2.24, 2.45) is 23.7 Å². The van der Waals surface area contributed by atoms with Gasteiger partial charge in [0, 0.05) is 10.5 Å². The number of alkyl halides is 3. The average Bonchev–Trinajstić information content (AvgIpc) is 2.33. The summed E-state index contributed by atoms with van der Waals surface area (Å²) in [6, 6.07) is 0. The van der Waals surface area contributed by atoms with Crippen LogP contribution in [0.2, 0.25) is 0 Å². The van der Waals surface area contributed by atoms with E-state index in [1.807, 2.05) is 0 Å². The quantitative estimate of drug-likeness (QED) is 0.611. The van der Waals surface area contributed by atoms with E-state index in [9.17, 15) is 13.2 Å². The van der Waals surface area contributed by atoms with Crippen molar-refractivity contribution in [3.05, 3.63) is 0 Å². The minimum absolute atomic E-state index is 0.202. The van der Waals surface area contributed by atoms with Gasteiger partial charge in [-0.2, -0.15) is 24.9 Å². The maximum Gasteiger partial charge on any atom is 0.392 e. The molecule has 0 N–H and O–H groups in total. The van der Waals surface area contributed by atoms with E-state index in [4.69, 9.17) is 0 Å². The highest BCUT2D eigenvalue weighted by Crippen LogP contribution is 2.49. The second kappa shape index (κ2) is 6.50. The molecule has 0 heterocycles. The van der Waals surface area contributed by atoms with Gasteiger partial charge in [0.2, 0.25) is 0 Å². The Morgan fingerprint density at radius 3 is 2.00 bits per heavy atom. The summed E-state index contributed by atoms with van der Waals surface area (Å²) in [4.78, 5) is 0. The lowest BCUT2D eigenvalue weighted by atomic mass is 9.77. The van der Waals surface area contributed by atoms with Crippen molar-refractivity contribution in [2.75, 3.05) is 0 Å². The van der Waals surface area contributed by atoms with Crippen LogP contribution in [-0.4, -0.2) is 16.7 Å². The minimum Gasteiger partial charge on any atom is -0.171 e. The summed E-state index contributed by atoms with van der Waals surface area (Å²) >= 11 is 1.67. The van der Waals surface area contributed by atoms with Crippen molar-refractivity contribution in [1.82, 2.24) is 0 Å². The van der Waals surface area contributed by atoms with E-state index in [1.165, 1.54) is 12.8 Å². The Bertz CT molecular complexity index is 303. The SMILES string of the molecule is CC1CC(C)C(SC2CCCCC2C(F)(F)F)C(C)C1. The van der Waals surface area contributed by atoms with E-state index < -0.39 is 12.1 Å². The molecule has 20 heavy (non-hydrogen) atoms. The van der Waals surface area contributed by atoms with Gasteiger partial charge in [0.1, 0.15) is 0 Å². The van der Waals surface area contributed by atoms with E-state index in [0.717, 1.165) is 25.2 Å². The Balaban J connectivity index is 2.03. The molecule has 0 nitrogen and oxygen atoms in total. The molecule has 0 spiro atoms. The van der Waals surface area contributed by atoms with Gasteiger partial charge in [-0.15, -0.1) is 0 Å². The highest BCUT2D eigenvalue weighted by molar-refractivity contribution is 8.00. The summed E-state index contributed by atoms with van der Waals surface area (Å²) in [6.45, 7) is 6.73. The fourth-order valence-electron chi connectivity index (χ4n) is 4.30. The highest BCUT2D eigenvalue weighted by Gasteiger charge is 2.47. The van der Waals surface area contributed by atoms with Gasteiger partial charge < -0.3 is 0 Å². The fraction of sp³-hybridized carbons (Fsp3) is 1.00. The first-order valence-electron chi connectivity index (χ1n) is 8.01. The molecule has 2 aliphatic carbocycles. The van der Waals surface area contributed by atoms with Crippen molar-refractivity contribution in [1.29, 1.82) is 0 Å². The number of thioether (sulfide) groups is 1. The molecule has 4 heteroatoms. The summed E-state index contributed by atoms with van der Waals surface area (Å²) in [5.74, 6) is 0.755. The van der Waals surface area contributed by atoms with Crippen molar-refractivity contribution in [3.63, 3.8) is 0 Å². The predicted octanol–water partition coefficient (Wildman–Crippen LogP) is 5.91. The zero-order valence-corrected chi connectivity index (χ0v) is 13.6. The third-order valence-electron chi connectivity index (χ3n) is 5.12. The molecule has 0 aromatic rings. The van der Waals surface area contributed by atoms with Gasteiger partial charge in [-0.3, -0.25) is 0 Å². The summed E-state index contributed by atoms with van der Waals surface area (Å²) in [6.07, 6.45) is 1.14. The Morgan fingerprint density at radius 1 is 0.900 bits per heavy atom. The van der Waals surface area contributed by atoms with Crippen LogP contribution in [0.15, 0.2) is 0 Å². The summed E-state index contributed by atoms with van der Waals surface area (Å²) in [5.41, 5.74) is 0. The molecular weight excluding hydrogens is 281 g/mol. The zero-order valence-electron chi connectivity index (χ0n) is 12.7. The van der Waals surface area contributed by atoms with Crippen molar-refractivity contribution in [3.8, 4) is 0 Å². The molecule has 2 aliphatic rings. The standard InChI is InChI=1S/C16H27F3S/c1-10-8-11(2)15(12(3)9-10)20-14-7-5-4-6-13(14)16(17,18)19/h10-15H,4-9H2,1-3H3. The van der Waals surface area contributed by atoms with Gasteiger partial charge in [-0.05, 0) is 43.4 Å². The topological polar surface area (TPSA) is 0 Å². The van der Waals surface area contributed by atoms with E-state index in [-0.39, 0.29) is 5.25 Å². The van der Waals surface area contributed by atoms with Gasteiger partial charge in [0.25, 0.3) is 0 Å². The van der Waals surface area contributed by atoms with E-state index >= 15 is 0 Å². The third-order valence-corrected chi connectivity index (χ3v) is 7.28. The monoisotopic (exact) mass is 308 g/mol. The normalized spacial score (nSPS) is 43.5. The van der Waals surface area contributed by atoms with Crippen LogP contribution in [0.5, 0.6) is 0 Å². The zero-order chi connectivity index (χ0) is 14.9. The van der Waals surface area contributed by atoms with Gasteiger partial charge in [0.15, 0.2) is 0 Å². The van der Waals surface area contributed by atoms with Crippen molar-refractivity contribution >= 4 is 11.8 Å². The molecule has 0 saturated heterocycles. The molecule has 4 atom stereocenters. The molecule has 0 aromatic heterocycles. The van der Waals surface area contributed by atoms with Crippen LogP contribution >= 0.6 is 11.8 Å². The first kappa shape index (κ1) is 16.5. The average molecular weight is 308 g/mol. The van der Waals surface area contributed by atoms with Gasteiger partial charge in [-0.25, -0.2) is 0 Å². The number of hydrogen-bond donors (Lipinski definition) is 0. The van der Waals surface area contributed by atoms with Gasteiger partial charge >= 0.3 is 6.18 Å². The molecule has 2 rings (SSSR count). The first-order valence-corrected chi connectivity index (χ1v) is 8.95. The number of rotatable bonds is 2. The third kappa shape index (κ3) is 3.86. The molecule has 4 unspecified atom stereocenters. The van der Waals surface area contributed by atoms with Crippen LogP contribution in [0.4, 0.5) is 13.2 Å². The Labute approximate surface area is 125 Å². The summed E-state index contributed by atoms with van der Waals surface area (Å²) in [7, 11) is 0. The summed E-state index contributed by atoms with van der Waals surface area (Å²) in [5, 5.41) is 0.214. The molecule has 2 fully saturated rings. The molecule has 0 radical (unpaired) electrons. The molecule has 0 aromatic carbocycles.